The van der Waals surface area contributed by atoms with Crippen molar-refractivity contribution in [2.45, 2.75) is 102 Å². The van der Waals surface area contributed by atoms with Crippen LogP contribution in [-0.2, 0) is 14.3 Å². The molecule has 0 aromatic rings. The van der Waals surface area contributed by atoms with Crippen LogP contribution in [-0.4, -0.2) is 25.3 Å². The number of rotatable bonds is 15. The van der Waals surface area contributed by atoms with E-state index in [1.54, 1.807) is 0 Å². The molecule has 0 bridgehead atoms. The van der Waals surface area contributed by atoms with Gasteiger partial charge >= 0.3 is 5.97 Å². The minimum atomic E-state index is -0.563. The highest BCUT2D eigenvalue weighted by Crippen LogP contribution is 2.34. The molecule has 130 valence electrons. The van der Waals surface area contributed by atoms with Crippen LogP contribution in [0.25, 0.3) is 0 Å². The van der Waals surface area contributed by atoms with Crippen LogP contribution in [0.5, 0.6) is 0 Å². The highest BCUT2D eigenvalue weighted by atomic mass is 16.6. The minimum absolute atomic E-state index is 0.188. The number of carbonyl (C=O) groups excluding carboxylic acids is 1. The number of ether oxygens (including phenoxy) is 2. The van der Waals surface area contributed by atoms with Crippen LogP contribution >= 0.6 is 0 Å². The largest absolute Gasteiger partial charge is 0.467 e. The van der Waals surface area contributed by atoms with Crippen molar-refractivity contribution in [2.75, 3.05) is 13.7 Å². The van der Waals surface area contributed by atoms with Gasteiger partial charge in [-0.05, 0) is 12.8 Å². The van der Waals surface area contributed by atoms with E-state index in [0.29, 0.717) is 6.61 Å². The van der Waals surface area contributed by atoms with Gasteiger partial charge in [-0.1, -0.05) is 84.0 Å². The average molecular weight is 312 g/mol. The molecule has 22 heavy (non-hydrogen) atoms. The smallest absolute Gasteiger partial charge is 0.340 e. The summed E-state index contributed by atoms with van der Waals surface area (Å²) in [6.45, 7) is 2.82. The number of esters is 1. The Bertz CT molecular complexity index is 284. The van der Waals surface area contributed by atoms with Crippen LogP contribution < -0.4 is 0 Å². The summed E-state index contributed by atoms with van der Waals surface area (Å²) in [6, 6.07) is 0. The van der Waals surface area contributed by atoms with E-state index in [0.717, 1.165) is 12.8 Å². The van der Waals surface area contributed by atoms with Crippen LogP contribution in [0.1, 0.15) is 96.8 Å². The maximum absolute atomic E-state index is 11.5. The second-order valence-electron chi connectivity index (χ2n) is 6.77. The lowest BCUT2D eigenvalue weighted by molar-refractivity contribution is -0.147. The molecule has 1 aliphatic rings. The third-order valence-electron chi connectivity index (χ3n) is 4.73. The fraction of sp³-hybridized carbons (Fsp3) is 0.947. The number of unbranched alkanes of at least 4 members (excludes halogenated alkanes) is 12. The summed E-state index contributed by atoms with van der Waals surface area (Å²) in [5.41, 5.74) is -0.563. The van der Waals surface area contributed by atoms with E-state index in [9.17, 15) is 4.79 Å². The molecule has 0 aromatic heterocycles. The zero-order valence-electron chi connectivity index (χ0n) is 14.8. The van der Waals surface area contributed by atoms with Gasteiger partial charge < -0.3 is 9.47 Å². The Balaban J connectivity index is 1.78. The van der Waals surface area contributed by atoms with Gasteiger partial charge in [-0.3, -0.25) is 0 Å². The van der Waals surface area contributed by atoms with Crippen molar-refractivity contribution in [2.24, 2.45) is 0 Å². The Labute approximate surface area is 137 Å². The van der Waals surface area contributed by atoms with E-state index in [1.165, 1.54) is 84.2 Å². The van der Waals surface area contributed by atoms with Gasteiger partial charge in [0, 0.05) is 0 Å². The first-order chi connectivity index (χ1) is 10.7. The molecule has 1 rings (SSSR count). The predicted molar refractivity (Wildman–Crippen MR) is 91.0 cm³/mol. The zero-order chi connectivity index (χ0) is 16.1. The molecule has 3 heteroatoms. The summed E-state index contributed by atoms with van der Waals surface area (Å²) < 4.78 is 10.1. The molecule has 0 amide bonds. The fourth-order valence-electron chi connectivity index (χ4n) is 3.07. The van der Waals surface area contributed by atoms with E-state index in [2.05, 4.69) is 6.92 Å². The molecule has 1 aliphatic heterocycles. The molecule has 1 unspecified atom stereocenters. The van der Waals surface area contributed by atoms with Gasteiger partial charge in [0.2, 0.25) is 0 Å². The minimum Gasteiger partial charge on any atom is -0.467 e. The van der Waals surface area contributed by atoms with Crippen LogP contribution in [0, 0.1) is 0 Å². The quantitative estimate of drug-likeness (QED) is 0.230. The zero-order valence-corrected chi connectivity index (χ0v) is 14.8. The van der Waals surface area contributed by atoms with E-state index in [-0.39, 0.29) is 5.97 Å². The van der Waals surface area contributed by atoms with Crippen molar-refractivity contribution in [3.05, 3.63) is 0 Å². The Morgan fingerprint density at radius 3 is 1.64 bits per heavy atom. The Morgan fingerprint density at radius 2 is 1.27 bits per heavy atom. The standard InChI is InChI=1S/C19H36O3/c1-3-4-5-6-7-8-9-10-11-12-13-14-15-16-19(17-22-19)18(20)21-2/h3-17H2,1-2H3. The number of methoxy groups -OCH3 is 1. The summed E-state index contributed by atoms with van der Waals surface area (Å²) in [6.07, 6.45) is 18.3. The molecule has 0 aromatic carbocycles. The molecule has 1 saturated heterocycles. The molecule has 0 N–H and O–H groups in total. The van der Waals surface area contributed by atoms with Gasteiger partial charge in [0.25, 0.3) is 0 Å². The summed E-state index contributed by atoms with van der Waals surface area (Å²) >= 11 is 0. The number of hydrogen-bond donors (Lipinski definition) is 0. The van der Waals surface area contributed by atoms with E-state index in [4.69, 9.17) is 9.47 Å². The van der Waals surface area contributed by atoms with Crippen molar-refractivity contribution in [3.63, 3.8) is 0 Å². The molecule has 1 fully saturated rings. The summed E-state index contributed by atoms with van der Waals surface area (Å²) in [5, 5.41) is 0. The first-order valence-electron chi connectivity index (χ1n) is 9.47. The van der Waals surface area contributed by atoms with Crippen molar-refractivity contribution in [3.8, 4) is 0 Å². The van der Waals surface area contributed by atoms with Crippen LogP contribution in [0.4, 0.5) is 0 Å². The SMILES string of the molecule is CCCCCCCCCCCCCCCC1(C(=O)OC)CO1. The lowest BCUT2D eigenvalue weighted by Crippen LogP contribution is -2.25. The van der Waals surface area contributed by atoms with Gasteiger partial charge in [0.15, 0.2) is 5.60 Å². The van der Waals surface area contributed by atoms with Gasteiger partial charge in [0.1, 0.15) is 0 Å². The number of epoxide rings is 1. The van der Waals surface area contributed by atoms with Gasteiger partial charge in [-0.15, -0.1) is 0 Å². The maximum atomic E-state index is 11.5. The second kappa shape index (κ2) is 11.9. The summed E-state index contributed by atoms with van der Waals surface area (Å²) in [5.74, 6) is -0.188. The van der Waals surface area contributed by atoms with Crippen LogP contribution in [0.15, 0.2) is 0 Å². The first kappa shape index (κ1) is 19.5. The number of hydrogen-bond acceptors (Lipinski definition) is 3. The van der Waals surface area contributed by atoms with E-state index < -0.39 is 5.60 Å². The van der Waals surface area contributed by atoms with E-state index in [1.807, 2.05) is 0 Å². The first-order valence-corrected chi connectivity index (χ1v) is 9.47. The van der Waals surface area contributed by atoms with Gasteiger partial charge in [-0.2, -0.15) is 0 Å². The summed E-state index contributed by atoms with van der Waals surface area (Å²) in [7, 11) is 1.44. The predicted octanol–water partition coefficient (Wildman–Crippen LogP) is 5.41. The molecule has 0 radical (unpaired) electrons. The van der Waals surface area contributed by atoms with E-state index >= 15 is 0 Å². The molecule has 3 nitrogen and oxygen atoms in total. The second-order valence-corrected chi connectivity index (χ2v) is 6.77. The Kier molecular flexibility index (Phi) is 10.6. The van der Waals surface area contributed by atoms with Gasteiger partial charge in [0.05, 0.1) is 13.7 Å². The Morgan fingerprint density at radius 1 is 0.864 bits per heavy atom. The molecular weight excluding hydrogens is 276 g/mol. The third kappa shape index (κ3) is 8.17. The Hall–Kier alpha value is -0.570. The van der Waals surface area contributed by atoms with Gasteiger partial charge in [-0.25, -0.2) is 4.79 Å². The molecule has 1 atom stereocenters. The van der Waals surface area contributed by atoms with Crippen molar-refractivity contribution >= 4 is 5.97 Å². The lowest BCUT2D eigenvalue weighted by atomic mass is 10.0. The monoisotopic (exact) mass is 312 g/mol. The molecule has 0 aliphatic carbocycles. The lowest BCUT2D eigenvalue weighted by Gasteiger charge is -2.08. The highest BCUT2D eigenvalue weighted by Gasteiger charge is 2.52. The average Bonchev–Trinajstić information content (AvgIpc) is 3.32. The molecule has 1 heterocycles. The topological polar surface area (TPSA) is 38.8 Å². The normalized spacial score (nSPS) is 20.1. The number of carbonyl (C=O) groups is 1. The van der Waals surface area contributed by atoms with Crippen molar-refractivity contribution in [1.29, 1.82) is 0 Å². The molecule has 0 saturated carbocycles. The molecule has 0 spiro atoms. The van der Waals surface area contributed by atoms with Crippen molar-refractivity contribution in [1.82, 2.24) is 0 Å². The molecular formula is C19H36O3. The van der Waals surface area contributed by atoms with Crippen molar-refractivity contribution < 1.29 is 14.3 Å². The third-order valence-corrected chi connectivity index (χ3v) is 4.73. The highest BCUT2D eigenvalue weighted by molar-refractivity contribution is 5.82. The van der Waals surface area contributed by atoms with Crippen LogP contribution in [0.2, 0.25) is 0 Å². The van der Waals surface area contributed by atoms with Crippen LogP contribution in [0.3, 0.4) is 0 Å². The maximum Gasteiger partial charge on any atom is 0.340 e. The summed E-state index contributed by atoms with van der Waals surface area (Å²) in [4.78, 5) is 11.5. The fourth-order valence-corrected chi connectivity index (χ4v) is 3.07.